The summed E-state index contributed by atoms with van der Waals surface area (Å²) in [7, 11) is -1.73. The Morgan fingerprint density at radius 3 is 2.48 bits per heavy atom. The summed E-state index contributed by atoms with van der Waals surface area (Å²) in [6.45, 7) is 1.24. The summed E-state index contributed by atoms with van der Waals surface area (Å²) in [6, 6.07) is 13.1. The standard InChI is InChI=1S/C24H29ClN2O3S/c1-26(17-18-5-4-8-22(25)15-18)24(28)20-11-13-27(14-12-20)31(29,30)23-10-9-19-6-2-3-7-21(19)16-23/h4-5,8-10,15-16,20H,2-3,6-7,11-14,17H2,1H3. The lowest BCUT2D eigenvalue weighted by molar-refractivity contribution is -0.135. The van der Waals surface area contributed by atoms with Crippen LogP contribution in [-0.2, 0) is 34.2 Å². The molecule has 5 nitrogen and oxygen atoms in total. The SMILES string of the molecule is CN(Cc1cccc(Cl)c1)C(=O)C1CCN(S(=O)(=O)c2ccc3c(c2)CCCC3)CC1. The fourth-order valence-corrected chi connectivity index (χ4v) is 6.39. The van der Waals surface area contributed by atoms with Crippen molar-refractivity contribution in [2.45, 2.75) is 50.0 Å². The molecule has 0 unspecified atom stereocenters. The summed E-state index contributed by atoms with van der Waals surface area (Å²) in [5, 5.41) is 0.652. The Balaban J connectivity index is 1.38. The molecule has 31 heavy (non-hydrogen) atoms. The molecule has 0 atom stereocenters. The summed E-state index contributed by atoms with van der Waals surface area (Å²) >= 11 is 6.04. The Kier molecular flexibility index (Phi) is 6.70. The van der Waals surface area contributed by atoms with E-state index in [-0.39, 0.29) is 11.8 Å². The van der Waals surface area contributed by atoms with Crippen LogP contribution < -0.4 is 0 Å². The van der Waals surface area contributed by atoms with Crippen LogP contribution in [0.15, 0.2) is 47.4 Å². The van der Waals surface area contributed by atoms with Crippen LogP contribution in [-0.4, -0.2) is 43.7 Å². The molecule has 166 valence electrons. The van der Waals surface area contributed by atoms with Gasteiger partial charge >= 0.3 is 0 Å². The van der Waals surface area contributed by atoms with Gasteiger partial charge in [0.15, 0.2) is 0 Å². The van der Waals surface area contributed by atoms with E-state index in [9.17, 15) is 13.2 Å². The average Bonchev–Trinajstić information content (AvgIpc) is 2.78. The van der Waals surface area contributed by atoms with Gasteiger partial charge in [0, 0.05) is 37.6 Å². The number of benzene rings is 2. The van der Waals surface area contributed by atoms with Crippen LogP contribution in [0, 0.1) is 5.92 Å². The van der Waals surface area contributed by atoms with Crippen LogP contribution in [0.2, 0.25) is 5.02 Å². The number of rotatable bonds is 5. The van der Waals surface area contributed by atoms with Gasteiger partial charge in [-0.3, -0.25) is 4.79 Å². The Hall–Kier alpha value is -1.89. The second-order valence-electron chi connectivity index (χ2n) is 8.64. The molecule has 1 heterocycles. The predicted molar refractivity (Wildman–Crippen MR) is 122 cm³/mol. The van der Waals surface area contributed by atoms with Crippen LogP contribution in [0.25, 0.3) is 0 Å². The fourth-order valence-electron chi connectivity index (χ4n) is 4.66. The molecule has 2 aromatic rings. The van der Waals surface area contributed by atoms with Gasteiger partial charge in [-0.1, -0.05) is 29.8 Å². The van der Waals surface area contributed by atoms with Crippen molar-refractivity contribution in [2.75, 3.05) is 20.1 Å². The summed E-state index contributed by atoms with van der Waals surface area (Å²) in [6.07, 6.45) is 5.37. The lowest BCUT2D eigenvalue weighted by Crippen LogP contribution is -2.43. The van der Waals surface area contributed by atoms with Crippen molar-refractivity contribution in [3.63, 3.8) is 0 Å². The number of amides is 1. The summed E-state index contributed by atoms with van der Waals surface area (Å²) in [4.78, 5) is 15.0. The Bertz CT molecular complexity index is 1060. The second kappa shape index (κ2) is 9.31. The first-order valence-corrected chi connectivity index (χ1v) is 12.8. The van der Waals surface area contributed by atoms with Crippen LogP contribution >= 0.6 is 11.6 Å². The molecule has 0 aromatic heterocycles. The molecule has 0 radical (unpaired) electrons. The van der Waals surface area contributed by atoms with E-state index in [4.69, 9.17) is 11.6 Å². The Morgan fingerprint density at radius 1 is 1.06 bits per heavy atom. The number of hydrogen-bond acceptors (Lipinski definition) is 3. The third kappa shape index (κ3) is 4.97. The van der Waals surface area contributed by atoms with Gasteiger partial charge in [0.05, 0.1) is 4.90 Å². The summed E-state index contributed by atoms with van der Waals surface area (Å²) < 4.78 is 27.9. The molecule has 0 N–H and O–H groups in total. The van der Waals surface area contributed by atoms with Gasteiger partial charge in [0.25, 0.3) is 0 Å². The van der Waals surface area contributed by atoms with Gasteiger partial charge in [-0.15, -0.1) is 0 Å². The third-order valence-corrected chi connectivity index (χ3v) is 8.58. The Morgan fingerprint density at radius 2 is 1.77 bits per heavy atom. The number of fused-ring (bicyclic) bond motifs is 1. The van der Waals surface area contributed by atoms with Crippen molar-refractivity contribution in [1.29, 1.82) is 0 Å². The number of hydrogen-bond donors (Lipinski definition) is 0. The summed E-state index contributed by atoms with van der Waals surface area (Å²) in [5.41, 5.74) is 3.42. The summed E-state index contributed by atoms with van der Waals surface area (Å²) in [5.74, 6) is -0.0926. The first kappa shape index (κ1) is 22.3. The molecule has 1 aliphatic carbocycles. The first-order valence-electron chi connectivity index (χ1n) is 11.0. The van der Waals surface area contributed by atoms with E-state index >= 15 is 0 Å². The quantitative estimate of drug-likeness (QED) is 0.669. The third-order valence-electron chi connectivity index (χ3n) is 6.45. The number of halogens is 1. The molecule has 7 heteroatoms. The van der Waals surface area contributed by atoms with E-state index in [0.717, 1.165) is 24.8 Å². The molecule has 2 aliphatic rings. The van der Waals surface area contributed by atoms with E-state index in [0.29, 0.717) is 42.4 Å². The lowest BCUT2D eigenvalue weighted by atomic mass is 9.92. The van der Waals surface area contributed by atoms with Crippen LogP contribution in [0.1, 0.15) is 42.4 Å². The lowest BCUT2D eigenvalue weighted by Gasteiger charge is -2.32. The molecule has 4 rings (SSSR count). The number of aryl methyl sites for hydroxylation is 2. The highest BCUT2D eigenvalue weighted by Crippen LogP contribution is 2.29. The highest BCUT2D eigenvalue weighted by Gasteiger charge is 2.33. The van der Waals surface area contributed by atoms with Crippen LogP contribution in [0.5, 0.6) is 0 Å². The van der Waals surface area contributed by atoms with E-state index in [2.05, 4.69) is 0 Å². The topological polar surface area (TPSA) is 57.7 Å². The fraction of sp³-hybridized carbons (Fsp3) is 0.458. The minimum Gasteiger partial charge on any atom is -0.341 e. The maximum atomic E-state index is 13.2. The molecule has 0 bridgehead atoms. The Labute approximate surface area is 190 Å². The number of carbonyl (C=O) groups is 1. The van der Waals surface area contributed by atoms with E-state index < -0.39 is 10.0 Å². The van der Waals surface area contributed by atoms with Crippen LogP contribution in [0.4, 0.5) is 0 Å². The molecule has 1 aliphatic heterocycles. The molecule has 1 fully saturated rings. The minimum absolute atomic E-state index is 0.0609. The monoisotopic (exact) mass is 460 g/mol. The van der Waals surface area contributed by atoms with Crippen molar-refractivity contribution in [3.8, 4) is 0 Å². The van der Waals surface area contributed by atoms with Crippen LogP contribution in [0.3, 0.4) is 0 Å². The minimum atomic E-state index is -3.52. The molecule has 2 aromatic carbocycles. The molecular weight excluding hydrogens is 432 g/mol. The molecule has 1 saturated heterocycles. The van der Waals surface area contributed by atoms with Gasteiger partial charge in [-0.05, 0) is 79.5 Å². The first-order chi connectivity index (χ1) is 14.8. The van der Waals surface area contributed by atoms with Crippen molar-refractivity contribution >= 4 is 27.5 Å². The average molecular weight is 461 g/mol. The van der Waals surface area contributed by atoms with Crippen molar-refractivity contribution in [3.05, 3.63) is 64.2 Å². The van der Waals surface area contributed by atoms with Crippen molar-refractivity contribution in [2.24, 2.45) is 5.92 Å². The smallest absolute Gasteiger partial charge is 0.243 e. The zero-order valence-corrected chi connectivity index (χ0v) is 19.5. The van der Waals surface area contributed by atoms with Gasteiger partial charge < -0.3 is 4.90 Å². The van der Waals surface area contributed by atoms with E-state index in [1.165, 1.54) is 21.9 Å². The maximum Gasteiger partial charge on any atom is 0.243 e. The van der Waals surface area contributed by atoms with Gasteiger partial charge in [0.2, 0.25) is 15.9 Å². The van der Waals surface area contributed by atoms with E-state index in [1.807, 2.05) is 36.4 Å². The zero-order chi connectivity index (χ0) is 22.0. The molecular formula is C24H29ClN2O3S. The van der Waals surface area contributed by atoms with Gasteiger partial charge in [-0.25, -0.2) is 8.42 Å². The normalized spacial score (nSPS) is 17.9. The van der Waals surface area contributed by atoms with Gasteiger partial charge in [-0.2, -0.15) is 4.31 Å². The predicted octanol–water partition coefficient (Wildman–Crippen LogP) is 4.28. The zero-order valence-electron chi connectivity index (χ0n) is 17.9. The number of sulfonamides is 1. The van der Waals surface area contributed by atoms with E-state index in [1.54, 1.807) is 18.0 Å². The largest absolute Gasteiger partial charge is 0.341 e. The van der Waals surface area contributed by atoms with Gasteiger partial charge in [0.1, 0.15) is 0 Å². The number of piperidine rings is 1. The van der Waals surface area contributed by atoms with Crippen molar-refractivity contribution in [1.82, 2.24) is 9.21 Å². The number of nitrogens with zero attached hydrogens (tertiary/aromatic N) is 2. The molecule has 1 amide bonds. The maximum absolute atomic E-state index is 13.2. The van der Waals surface area contributed by atoms with Crippen molar-refractivity contribution < 1.29 is 13.2 Å². The highest BCUT2D eigenvalue weighted by atomic mass is 35.5. The number of carbonyl (C=O) groups excluding carboxylic acids is 1. The second-order valence-corrected chi connectivity index (χ2v) is 11.0. The molecule has 0 saturated carbocycles. The highest BCUT2D eigenvalue weighted by molar-refractivity contribution is 7.89. The molecule has 0 spiro atoms.